The van der Waals surface area contributed by atoms with Gasteiger partial charge in [0, 0.05) is 30.2 Å². The fraction of sp³-hybridized carbons (Fsp3) is 0.333. The maximum absolute atomic E-state index is 11.7. The molecule has 2 rings (SSSR count). The van der Waals surface area contributed by atoms with E-state index in [9.17, 15) is 4.79 Å². The van der Waals surface area contributed by atoms with Gasteiger partial charge in [-0.15, -0.1) is 0 Å². The molecule has 7 heteroatoms. The summed E-state index contributed by atoms with van der Waals surface area (Å²) in [5.74, 6) is 1.50. The maximum Gasteiger partial charge on any atom is 0.251 e. The van der Waals surface area contributed by atoms with Gasteiger partial charge in [-0.1, -0.05) is 34.1 Å². The molecule has 28 heavy (non-hydrogen) atoms. The van der Waals surface area contributed by atoms with Crippen LogP contribution in [0.3, 0.4) is 0 Å². The number of amides is 1. The van der Waals surface area contributed by atoms with Gasteiger partial charge in [0.15, 0.2) is 5.96 Å². The lowest BCUT2D eigenvalue weighted by Gasteiger charge is -2.12. The van der Waals surface area contributed by atoms with Crippen molar-refractivity contribution in [3.8, 4) is 5.75 Å². The smallest absolute Gasteiger partial charge is 0.251 e. The molecule has 0 aromatic heterocycles. The molecule has 2 aromatic rings. The standard InChI is InChI=1S/C21H27BrN4O2/c1-3-24-21(26-12-13-28-19-9-5-8-18(22)15-19)25-11-10-16-6-4-7-17(14-16)20(27)23-2/h4-9,14-15H,3,10-13H2,1-2H3,(H,23,27)(H2,24,25,26). The van der Waals surface area contributed by atoms with Crippen LogP contribution < -0.4 is 20.7 Å². The Morgan fingerprint density at radius 1 is 1.14 bits per heavy atom. The van der Waals surface area contributed by atoms with Crippen LogP contribution in [0, 0.1) is 0 Å². The van der Waals surface area contributed by atoms with Gasteiger partial charge in [0.25, 0.3) is 5.91 Å². The van der Waals surface area contributed by atoms with E-state index in [1.54, 1.807) is 7.05 Å². The Hall–Kier alpha value is -2.54. The van der Waals surface area contributed by atoms with E-state index in [1.807, 2.05) is 55.5 Å². The number of guanidine groups is 1. The average molecular weight is 447 g/mol. The van der Waals surface area contributed by atoms with Gasteiger partial charge in [-0.25, -0.2) is 0 Å². The number of benzene rings is 2. The van der Waals surface area contributed by atoms with Gasteiger partial charge in [-0.2, -0.15) is 0 Å². The van der Waals surface area contributed by atoms with E-state index >= 15 is 0 Å². The SMILES string of the molecule is CCNC(=NCCc1cccc(C(=O)NC)c1)NCCOc1cccc(Br)c1. The predicted octanol–water partition coefficient (Wildman–Crippen LogP) is 2.99. The van der Waals surface area contributed by atoms with Crippen LogP contribution in [0.4, 0.5) is 0 Å². The maximum atomic E-state index is 11.7. The second-order valence-electron chi connectivity index (χ2n) is 6.02. The van der Waals surface area contributed by atoms with Crippen molar-refractivity contribution in [3.05, 3.63) is 64.1 Å². The molecule has 0 saturated carbocycles. The predicted molar refractivity (Wildman–Crippen MR) is 117 cm³/mol. The minimum Gasteiger partial charge on any atom is -0.492 e. The lowest BCUT2D eigenvalue weighted by Crippen LogP contribution is -2.39. The number of rotatable bonds is 9. The van der Waals surface area contributed by atoms with Crippen LogP contribution in [-0.4, -0.2) is 45.2 Å². The second-order valence-corrected chi connectivity index (χ2v) is 6.94. The van der Waals surface area contributed by atoms with E-state index in [0.29, 0.717) is 25.3 Å². The highest BCUT2D eigenvalue weighted by atomic mass is 79.9. The third-order valence-corrected chi connectivity index (χ3v) is 4.38. The number of ether oxygens (including phenoxy) is 1. The van der Waals surface area contributed by atoms with Gasteiger partial charge in [-0.3, -0.25) is 9.79 Å². The summed E-state index contributed by atoms with van der Waals surface area (Å²) in [5, 5.41) is 9.14. The van der Waals surface area contributed by atoms with E-state index in [1.165, 1.54) is 0 Å². The van der Waals surface area contributed by atoms with Crippen LogP contribution in [0.5, 0.6) is 5.75 Å². The van der Waals surface area contributed by atoms with E-state index in [2.05, 4.69) is 36.9 Å². The molecule has 2 aromatic carbocycles. The van der Waals surface area contributed by atoms with Crippen molar-refractivity contribution in [2.24, 2.45) is 4.99 Å². The topological polar surface area (TPSA) is 74.8 Å². The Bertz CT molecular complexity index is 795. The quantitative estimate of drug-likeness (QED) is 0.314. The van der Waals surface area contributed by atoms with Crippen molar-refractivity contribution in [3.63, 3.8) is 0 Å². The molecular formula is C21H27BrN4O2. The highest BCUT2D eigenvalue weighted by Gasteiger charge is 2.04. The first kappa shape index (κ1) is 21.8. The molecule has 0 unspecified atom stereocenters. The van der Waals surface area contributed by atoms with Crippen LogP contribution in [0.1, 0.15) is 22.8 Å². The largest absolute Gasteiger partial charge is 0.492 e. The Labute approximate surface area is 174 Å². The molecule has 0 saturated heterocycles. The number of nitrogens with zero attached hydrogens (tertiary/aromatic N) is 1. The Balaban J connectivity index is 1.80. The lowest BCUT2D eigenvalue weighted by atomic mass is 10.1. The van der Waals surface area contributed by atoms with Crippen molar-refractivity contribution >= 4 is 27.8 Å². The van der Waals surface area contributed by atoms with Crippen LogP contribution >= 0.6 is 15.9 Å². The summed E-state index contributed by atoms with van der Waals surface area (Å²) in [4.78, 5) is 16.3. The fourth-order valence-electron chi connectivity index (χ4n) is 2.55. The molecule has 3 N–H and O–H groups in total. The third-order valence-electron chi connectivity index (χ3n) is 3.89. The molecule has 0 atom stereocenters. The average Bonchev–Trinajstić information content (AvgIpc) is 2.71. The summed E-state index contributed by atoms with van der Waals surface area (Å²) in [6.45, 7) is 4.62. The normalized spacial score (nSPS) is 11.0. The molecule has 0 fully saturated rings. The zero-order valence-corrected chi connectivity index (χ0v) is 17.9. The van der Waals surface area contributed by atoms with Crippen molar-refractivity contribution in [1.29, 1.82) is 0 Å². The minimum atomic E-state index is -0.0780. The van der Waals surface area contributed by atoms with E-state index < -0.39 is 0 Å². The summed E-state index contributed by atoms with van der Waals surface area (Å²) < 4.78 is 6.72. The van der Waals surface area contributed by atoms with Crippen molar-refractivity contribution in [1.82, 2.24) is 16.0 Å². The summed E-state index contributed by atoms with van der Waals surface area (Å²) >= 11 is 3.43. The van der Waals surface area contributed by atoms with Gasteiger partial charge in [0.2, 0.25) is 0 Å². The third kappa shape index (κ3) is 7.60. The molecule has 0 aliphatic heterocycles. The van der Waals surface area contributed by atoms with E-state index in [-0.39, 0.29) is 5.91 Å². The van der Waals surface area contributed by atoms with Crippen molar-refractivity contribution in [2.45, 2.75) is 13.3 Å². The Kier molecular flexibility index (Phi) is 9.34. The number of halogens is 1. The first-order valence-corrected chi connectivity index (χ1v) is 10.1. The van der Waals surface area contributed by atoms with Gasteiger partial charge in [-0.05, 0) is 49.2 Å². The molecule has 6 nitrogen and oxygen atoms in total. The fourth-order valence-corrected chi connectivity index (χ4v) is 2.92. The number of hydrogen-bond acceptors (Lipinski definition) is 3. The van der Waals surface area contributed by atoms with Gasteiger partial charge >= 0.3 is 0 Å². The van der Waals surface area contributed by atoms with Crippen LogP contribution in [0.25, 0.3) is 0 Å². The minimum absolute atomic E-state index is 0.0780. The number of hydrogen-bond donors (Lipinski definition) is 3. The molecular weight excluding hydrogens is 420 g/mol. The highest BCUT2D eigenvalue weighted by molar-refractivity contribution is 9.10. The summed E-state index contributed by atoms with van der Waals surface area (Å²) in [6, 6.07) is 15.4. The molecule has 1 amide bonds. The Morgan fingerprint density at radius 3 is 2.71 bits per heavy atom. The number of nitrogens with one attached hydrogen (secondary N) is 3. The molecule has 0 aliphatic carbocycles. The number of carbonyl (C=O) groups is 1. The first-order valence-electron chi connectivity index (χ1n) is 9.34. The molecule has 0 bridgehead atoms. The molecule has 0 radical (unpaired) electrons. The van der Waals surface area contributed by atoms with Crippen molar-refractivity contribution < 1.29 is 9.53 Å². The highest BCUT2D eigenvalue weighted by Crippen LogP contribution is 2.17. The number of aliphatic imine (C=N–C) groups is 1. The molecule has 0 heterocycles. The summed E-state index contributed by atoms with van der Waals surface area (Å²) in [7, 11) is 1.63. The Morgan fingerprint density at radius 2 is 1.96 bits per heavy atom. The monoisotopic (exact) mass is 446 g/mol. The van der Waals surface area contributed by atoms with Crippen LogP contribution in [0.2, 0.25) is 0 Å². The first-order chi connectivity index (χ1) is 13.6. The van der Waals surface area contributed by atoms with E-state index in [4.69, 9.17) is 4.74 Å². The molecule has 0 spiro atoms. The second kappa shape index (κ2) is 12.0. The zero-order valence-electron chi connectivity index (χ0n) is 16.3. The van der Waals surface area contributed by atoms with Gasteiger partial charge in [0.05, 0.1) is 6.54 Å². The van der Waals surface area contributed by atoms with Gasteiger partial charge < -0.3 is 20.7 Å². The van der Waals surface area contributed by atoms with Crippen LogP contribution in [0.15, 0.2) is 58.0 Å². The summed E-state index contributed by atoms with van der Waals surface area (Å²) in [6.07, 6.45) is 0.760. The summed E-state index contributed by atoms with van der Waals surface area (Å²) in [5.41, 5.74) is 1.75. The zero-order chi connectivity index (χ0) is 20.2. The van der Waals surface area contributed by atoms with Gasteiger partial charge in [0.1, 0.15) is 12.4 Å². The molecule has 0 aliphatic rings. The van der Waals surface area contributed by atoms with E-state index in [0.717, 1.165) is 34.7 Å². The molecule has 150 valence electrons. The van der Waals surface area contributed by atoms with Crippen LogP contribution in [-0.2, 0) is 6.42 Å². The number of carbonyl (C=O) groups excluding carboxylic acids is 1. The lowest BCUT2D eigenvalue weighted by molar-refractivity contribution is 0.0963. The van der Waals surface area contributed by atoms with Crippen molar-refractivity contribution in [2.75, 3.05) is 33.3 Å².